The summed E-state index contributed by atoms with van der Waals surface area (Å²) in [5.74, 6) is 0.276. The topological polar surface area (TPSA) is 97.0 Å². The van der Waals surface area contributed by atoms with Gasteiger partial charge in [0.05, 0.1) is 18.2 Å². The Bertz CT molecular complexity index is 686. The van der Waals surface area contributed by atoms with Gasteiger partial charge in [0.15, 0.2) is 11.5 Å². The Morgan fingerprint density at radius 1 is 1.29 bits per heavy atom. The standard InChI is InChI=1S/C14H13N3O4/c1-21-13-8-4-5-10(14(13)18)9-15-16-11-6-2-3-7-12(11)17(19)20/h2-9,16,18H,1H3/b15-9+. The van der Waals surface area contributed by atoms with Gasteiger partial charge >= 0.3 is 0 Å². The first-order valence-corrected chi connectivity index (χ1v) is 6.02. The van der Waals surface area contributed by atoms with Crippen LogP contribution in [0.4, 0.5) is 11.4 Å². The van der Waals surface area contributed by atoms with Crippen LogP contribution in [0, 0.1) is 10.1 Å². The number of aromatic hydroxyl groups is 1. The van der Waals surface area contributed by atoms with Crippen LogP contribution < -0.4 is 10.2 Å². The number of nitrogens with one attached hydrogen (secondary N) is 1. The smallest absolute Gasteiger partial charge is 0.294 e. The molecule has 2 rings (SSSR count). The molecule has 2 aromatic carbocycles. The fourth-order valence-electron chi connectivity index (χ4n) is 1.71. The van der Waals surface area contributed by atoms with E-state index in [1.54, 1.807) is 36.4 Å². The van der Waals surface area contributed by atoms with E-state index in [0.717, 1.165) is 0 Å². The second kappa shape index (κ2) is 6.38. The maximum absolute atomic E-state index is 10.8. The number of phenols is 1. The summed E-state index contributed by atoms with van der Waals surface area (Å²) in [6.07, 6.45) is 1.36. The van der Waals surface area contributed by atoms with Crippen LogP contribution in [0.1, 0.15) is 5.56 Å². The zero-order valence-corrected chi connectivity index (χ0v) is 11.2. The molecule has 7 heteroatoms. The van der Waals surface area contributed by atoms with Crippen molar-refractivity contribution in [1.82, 2.24) is 0 Å². The van der Waals surface area contributed by atoms with E-state index in [4.69, 9.17) is 4.74 Å². The minimum Gasteiger partial charge on any atom is -0.504 e. The maximum atomic E-state index is 10.8. The van der Waals surface area contributed by atoms with Gasteiger partial charge in [-0.05, 0) is 18.2 Å². The second-order valence-electron chi connectivity index (χ2n) is 4.04. The van der Waals surface area contributed by atoms with E-state index in [0.29, 0.717) is 11.3 Å². The highest BCUT2D eigenvalue weighted by molar-refractivity contribution is 5.85. The summed E-state index contributed by atoms with van der Waals surface area (Å²) < 4.78 is 4.98. The van der Waals surface area contributed by atoms with Crippen LogP contribution in [0.25, 0.3) is 0 Å². The van der Waals surface area contributed by atoms with Gasteiger partial charge in [-0.25, -0.2) is 0 Å². The molecule has 0 radical (unpaired) electrons. The highest BCUT2D eigenvalue weighted by Gasteiger charge is 2.11. The van der Waals surface area contributed by atoms with Crippen molar-refractivity contribution in [2.24, 2.45) is 5.10 Å². The number of hydrogen-bond acceptors (Lipinski definition) is 6. The van der Waals surface area contributed by atoms with E-state index in [1.165, 1.54) is 19.4 Å². The molecule has 0 aromatic heterocycles. The number of nitro benzene ring substituents is 1. The average Bonchev–Trinajstić information content (AvgIpc) is 2.49. The molecule has 108 valence electrons. The third-order valence-electron chi connectivity index (χ3n) is 2.74. The number of methoxy groups -OCH3 is 1. The molecular weight excluding hydrogens is 274 g/mol. The normalized spacial score (nSPS) is 10.5. The molecule has 0 saturated carbocycles. The molecule has 0 amide bonds. The molecular formula is C14H13N3O4. The van der Waals surface area contributed by atoms with Crippen molar-refractivity contribution in [3.8, 4) is 11.5 Å². The van der Waals surface area contributed by atoms with E-state index in [2.05, 4.69) is 10.5 Å². The molecule has 0 atom stereocenters. The van der Waals surface area contributed by atoms with E-state index in [1.807, 2.05) is 0 Å². The van der Waals surface area contributed by atoms with Crippen molar-refractivity contribution in [2.45, 2.75) is 0 Å². The third-order valence-corrected chi connectivity index (χ3v) is 2.74. The summed E-state index contributed by atoms with van der Waals surface area (Å²) in [5, 5.41) is 24.6. The van der Waals surface area contributed by atoms with Gasteiger partial charge in [0.1, 0.15) is 5.69 Å². The van der Waals surface area contributed by atoms with Gasteiger partial charge in [0.25, 0.3) is 5.69 Å². The van der Waals surface area contributed by atoms with Crippen LogP contribution in [-0.2, 0) is 0 Å². The number of para-hydroxylation sites is 3. The van der Waals surface area contributed by atoms with Gasteiger partial charge in [-0.3, -0.25) is 15.5 Å². The van der Waals surface area contributed by atoms with Gasteiger partial charge in [-0.15, -0.1) is 0 Å². The molecule has 0 heterocycles. The fourth-order valence-corrected chi connectivity index (χ4v) is 1.71. The number of nitrogens with zero attached hydrogens (tertiary/aromatic N) is 2. The Morgan fingerprint density at radius 3 is 2.76 bits per heavy atom. The van der Waals surface area contributed by atoms with Crippen molar-refractivity contribution in [3.05, 3.63) is 58.1 Å². The van der Waals surface area contributed by atoms with Crippen molar-refractivity contribution in [3.63, 3.8) is 0 Å². The highest BCUT2D eigenvalue weighted by Crippen LogP contribution is 2.28. The zero-order valence-electron chi connectivity index (χ0n) is 11.2. The Hall–Kier alpha value is -3.09. The first-order valence-electron chi connectivity index (χ1n) is 6.02. The predicted molar refractivity (Wildman–Crippen MR) is 79.0 cm³/mol. The lowest BCUT2D eigenvalue weighted by molar-refractivity contribution is -0.384. The van der Waals surface area contributed by atoms with Crippen molar-refractivity contribution < 1.29 is 14.8 Å². The maximum Gasteiger partial charge on any atom is 0.294 e. The number of nitro groups is 1. The molecule has 21 heavy (non-hydrogen) atoms. The fraction of sp³-hybridized carbons (Fsp3) is 0.0714. The molecule has 0 aliphatic rings. The van der Waals surface area contributed by atoms with Crippen molar-refractivity contribution >= 4 is 17.6 Å². The number of hydrogen-bond donors (Lipinski definition) is 2. The number of anilines is 1. The van der Waals surface area contributed by atoms with Crippen LogP contribution in [0.5, 0.6) is 11.5 Å². The third kappa shape index (κ3) is 3.27. The van der Waals surface area contributed by atoms with Crippen LogP contribution in [0.15, 0.2) is 47.6 Å². The second-order valence-corrected chi connectivity index (χ2v) is 4.04. The van der Waals surface area contributed by atoms with Gasteiger partial charge < -0.3 is 9.84 Å². The molecule has 2 N–H and O–H groups in total. The molecule has 0 saturated heterocycles. The Morgan fingerprint density at radius 2 is 2.05 bits per heavy atom. The van der Waals surface area contributed by atoms with Gasteiger partial charge in [0, 0.05) is 11.6 Å². The van der Waals surface area contributed by atoms with E-state index < -0.39 is 4.92 Å². The summed E-state index contributed by atoms with van der Waals surface area (Å²) in [7, 11) is 1.45. The summed E-state index contributed by atoms with van der Waals surface area (Å²) >= 11 is 0. The van der Waals surface area contributed by atoms with E-state index >= 15 is 0 Å². The quantitative estimate of drug-likeness (QED) is 0.500. The first-order chi connectivity index (χ1) is 10.1. The molecule has 2 aromatic rings. The van der Waals surface area contributed by atoms with Crippen LogP contribution in [-0.4, -0.2) is 23.4 Å². The molecule has 0 aliphatic carbocycles. The van der Waals surface area contributed by atoms with Gasteiger partial charge in [-0.1, -0.05) is 18.2 Å². The van der Waals surface area contributed by atoms with E-state index in [9.17, 15) is 15.2 Å². The number of ether oxygens (including phenoxy) is 1. The number of benzene rings is 2. The molecule has 0 unspecified atom stereocenters. The van der Waals surface area contributed by atoms with Crippen LogP contribution >= 0.6 is 0 Å². The monoisotopic (exact) mass is 287 g/mol. The van der Waals surface area contributed by atoms with E-state index in [-0.39, 0.29) is 17.1 Å². The predicted octanol–water partition coefficient (Wildman–Crippen LogP) is 2.76. The summed E-state index contributed by atoms with van der Waals surface area (Å²) in [4.78, 5) is 10.4. The van der Waals surface area contributed by atoms with Crippen LogP contribution in [0.2, 0.25) is 0 Å². The summed E-state index contributed by atoms with van der Waals surface area (Å²) in [5.41, 5.74) is 3.20. The molecule has 7 nitrogen and oxygen atoms in total. The minimum atomic E-state index is -0.499. The Kier molecular flexibility index (Phi) is 4.35. The number of hydrazone groups is 1. The minimum absolute atomic E-state index is 0.0480. The Balaban J connectivity index is 2.19. The number of rotatable bonds is 5. The molecule has 0 fully saturated rings. The number of phenolic OH excluding ortho intramolecular Hbond substituents is 1. The lowest BCUT2D eigenvalue weighted by Crippen LogP contribution is -1.97. The highest BCUT2D eigenvalue weighted by atomic mass is 16.6. The summed E-state index contributed by atoms with van der Waals surface area (Å²) in [6.45, 7) is 0. The Labute approximate surface area is 120 Å². The lowest BCUT2D eigenvalue weighted by atomic mass is 10.2. The van der Waals surface area contributed by atoms with Gasteiger partial charge in [-0.2, -0.15) is 5.10 Å². The lowest BCUT2D eigenvalue weighted by Gasteiger charge is -2.05. The SMILES string of the molecule is COc1cccc(/C=N/Nc2ccccc2[N+](=O)[O-])c1O. The molecule has 0 bridgehead atoms. The first kappa shape index (κ1) is 14.3. The van der Waals surface area contributed by atoms with Crippen molar-refractivity contribution in [1.29, 1.82) is 0 Å². The summed E-state index contributed by atoms with van der Waals surface area (Å²) in [6, 6.07) is 11.1. The zero-order chi connectivity index (χ0) is 15.2. The van der Waals surface area contributed by atoms with Gasteiger partial charge in [0.2, 0.25) is 0 Å². The average molecular weight is 287 g/mol. The van der Waals surface area contributed by atoms with Crippen LogP contribution in [0.3, 0.4) is 0 Å². The largest absolute Gasteiger partial charge is 0.504 e. The molecule has 0 spiro atoms. The molecule has 0 aliphatic heterocycles. The van der Waals surface area contributed by atoms with Crippen molar-refractivity contribution in [2.75, 3.05) is 12.5 Å².